The zero-order valence-corrected chi connectivity index (χ0v) is 20.8. The van der Waals surface area contributed by atoms with Gasteiger partial charge in [-0.15, -0.1) is 0 Å². The molecule has 3 aromatic carbocycles. The van der Waals surface area contributed by atoms with E-state index in [1.807, 2.05) is 78.9 Å². The summed E-state index contributed by atoms with van der Waals surface area (Å²) in [5.41, 5.74) is 2.87. The zero-order valence-electron chi connectivity index (χ0n) is 20.0. The summed E-state index contributed by atoms with van der Waals surface area (Å²) in [5.74, 6) is -0.160. The summed E-state index contributed by atoms with van der Waals surface area (Å²) in [7, 11) is 0. The number of carbonyl (C=O) groups is 2. The van der Waals surface area contributed by atoms with Crippen LogP contribution in [0.2, 0.25) is 5.02 Å². The molecule has 0 unspecified atom stereocenters. The van der Waals surface area contributed by atoms with Crippen LogP contribution in [0, 0.1) is 0 Å². The van der Waals surface area contributed by atoms with Crippen LogP contribution in [0.25, 0.3) is 0 Å². The highest BCUT2D eigenvalue weighted by molar-refractivity contribution is 6.30. The molecule has 0 aromatic heterocycles. The van der Waals surface area contributed by atoms with Crippen molar-refractivity contribution in [2.75, 3.05) is 0 Å². The minimum Gasteiger partial charge on any atom is -0.352 e. The van der Waals surface area contributed by atoms with Crippen molar-refractivity contribution in [2.24, 2.45) is 0 Å². The Morgan fingerprint density at radius 1 is 0.829 bits per heavy atom. The lowest BCUT2D eigenvalue weighted by Gasteiger charge is -2.33. The van der Waals surface area contributed by atoms with Crippen molar-refractivity contribution in [2.45, 2.75) is 63.6 Å². The maximum absolute atomic E-state index is 13.8. The second-order valence-corrected chi connectivity index (χ2v) is 9.80. The minimum absolute atomic E-state index is 0.0730. The van der Waals surface area contributed by atoms with Crippen LogP contribution in [0.5, 0.6) is 0 Å². The highest BCUT2D eigenvalue weighted by Crippen LogP contribution is 2.21. The Hall–Kier alpha value is -3.11. The van der Waals surface area contributed by atoms with Gasteiger partial charge in [-0.05, 0) is 41.7 Å². The van der Waals surface area contributed by atoms with Crippen molar-refractivity contribution in [1.29, 1.82) is 0 Å². The van der Waals surface area contributed by atoms with Gasteiger partial charge >= 0.3 is 0 Å². The predicted octanol–water partition coefficient (Wildman–Crippen LogP) is 5.97. The molecule has 0 heterocycles. The highest BCUT2D eigenvalue weighted by atomic mass is 35.5. The van der Waals surface area contributed by atoms with E-state index in [-0.39, 0.29) is 24.3 Å². The first-order valence-corrected chi connectivity index (χ1v) is 12.9. The summed E-state index contributed by atoms with van der Waals surface area (Å²) in [6.07, 6.45) is 6.14. The van der Waals surface area contributed by atoms with E-state index in [1.165, 1.54) is 6.42 Å². The maximum Gasteiger partial charge on any atom is 0.243 e. The molecule has 2 amide bonds. The van der Waals surface area contributed by atoms with Crippen LogP contribution in [-0.4, -0.2) is 28.8 Å². The number of nitrogens with one attached hydrogen (secondary N) is 1. The van der Waals surface area contributed by atoms with Crippen molar-refractivity contribution < 1.29 is 9.59 Å². The van der Waals surface area contributed by atoms with E-state index in [0.29, 0.717) is 18.0 Å². The van der Waals surface area contributed by atoms with Gasteiger partial charge in [-0.1, -0.05) is 104 Å². The molecule has 35 heavy (non-hydrogen) atoms. The van der Waals surface area contributed by atoms with E-state index in [0.717, 1.165) is 42.4 Å². The Morgan fingerprint density at radius 2 is 1.46 bits per heavy atom. The SMILES string of the molecule is O=C(NC1CCCCC1)[C@H](Cc1ccccc1)N(Cc1ccccc1)C(=O)Cc1cccc(Cl)c1. The molecule has 0 aliphatic heterocycles. The van der Waals surface area contributed by atoms with Gasteiger partial charge in [0.2, 0.25) is 11.8 Å². The number of amides is 2. The summed E-state index contributed by atoms with van der Waals surface area (Å²) in [4.78, 5) is 29.2. The first-order chi connectivity index (χ1) is 17.1. The van der Waals surface area contributed by atoms with E-state index in [1.54, 1.807) is 11.0 Å². The average molecular weight is 489 g/mol. The summed E-state index contributed by atoms with van der Waals surface area (Å²) in [6, 6.07) is 26.8. The first kappa shape index (κ1) is 25.0. The molecule has 4 nitrogen and oxygen atoms in total. The molecule has 0 spiro atoms. The topological polar surface area (TPSA) is 49.4 Å². The fourth-order valence-electron chi connectivity index (χ4n) is 4.80. The molecule has 1 N–H and O–H groups in total. The quantitative estimate of drug-likeness (QED) is 0.403. The molecule has 1 saturated carbocycles. The molecule has 1 aliphatic rings. The van der Waals surface area contributed by atoms with Gasteiger partial charge in [0.25, 0.3) is 0 Å². The molecular weight excluding hydrogens is 456 g/mol. The lowest BCUT2D eigenvalue weighted by atomic mass is 9.94. The molecule has 4 rings (SSSR count). The molecular formula is C30H33ClN2O2. The van der Waals surface area contributed by atoms with E-state index >= 15 is 0 Å². The number of halogens is 1. The van der Waals surface area contributed by atoms with E-state index in [4.69, 9.17) is 11.6 Å². The first-order valence-electron chi connectivity index (χ1n) is 12.5. The number of carbonyl (C=O) groups excluding carboxylic acids is 2. The van der Waals surface area contributed by atoms with Gasteiger partial charge in [-0.25, -0.2) is 0 Å². The van der Waals surface area contributed by atoms with Gasteiger partial charge < -0.3 is 10.2 Å². The van der Waals surface area contributed by atoms with Gasteiger partial charge in [0.05, 0.1) is 6.42 Å². The standard InChI is InChI=1S/C30H33ClN2O2/c31-26-16-10-15-25(19-26)21-29(34)33(22-24-13-6-2-7-14-24)28(20-23-11-4-1-5-12-23)30(35)32-27-17-8-3-9-18-27/h1-2,4-7,10-16,19,27-28H,3,8-9,17-18,20-22H2,(H,32,35)/t28-/m0/s1. The summed E-state index contributed by atoms with van der Waals surface area (Å²) in [6.45, 7) is 0.371. The van der Waals surface area contributed by atoms with Crippen molar-refractivity contribution in [3.63, 3.8) is 0 Å². The minimum atomic E-state index is -0.605. The highest BCUT2D eigenvalue weighted by Gasteiger charge is 2.31. The predicted molar refractivity (Wildman–Crippen MR) is 141 cm³/mol. The molecule has 0 radical (unpaired) electrons. The Labute approximate surface area is 213 Å². The normalized spacial score (nSPS) is 14.8. The summed E-state index contributed by atoms with van der Waals surface area (Å²) < 4.78 is 0. The molecule has 1 fully saturated rings. The molecule has 0 bridgehead atoms. The van der Waals surface area contributed by atoms with Crippen LogP contribution in [0.15, 0.2) is 84.9 Å². The van der Waals surface area contributed by atoms with E-state index < -0.39 is 6.04 Å². The Balaban J connectivity index is 1.63. The van der Waals surface area contributed by atoms with Crippen molar-refractivity contribution >= 4 is 23.4 Å². The van der Waals surface area contributed by atoms with Crippen LogP contribution in [-0.2, 0) is 29.0 Å². The number of hydrogen-bond acceptors (Lipinski definition) is 2. The average Bonchev–Trinajstić information content (AvgIpc) is 2.88. The number of hydrogen-bond donors (Lipinski definition) is 1. The Bertz CT molecular complexity index is 1100. The smallest absolute Gasteiger partial charge is 0.243 e. The maximum atomic E-state index is 13.8. The third-order valence-electron chi connectivity index (χ3n) is 6.66. The van der Waals surface area contributed by atoms with Gasteiger partial charge in [0, 0.05) is 24.0 Å². The van der Waals surface area contributed by atoms with Crippen molar-refractivity contribution in [3.05, 3.63) is 107 Å². The van der Waals surface area contributed by atoms with Gasteiger partial charge in [0.15, 0.2) is 0 Å². The third-order valence-corrected chi connectivity index (χ3v) is 6.90. The molecule has 1 aliphatic carbocycles. The largest absolute Gasteiger partial charge is 0.352 e. The van der Waals surface area contributed by atoms with Crippen LogP contribution in [0.4, 0.5) is 0 Å². The van der Waals surface area contributed by atoms with Gasteiger partial charge in [0.1, 0.15) is 6.04 Å². The molecule has 0 saturated heterocycles. The second kappa shape index (κ2) is 12.6. The molecule has 5 heteroatoms. The third kappa shape index (κ3) is 7.43. The fourth-order valence-corrected chi connectivity index (χ4v) is 5.01. The Morgan fingerprint density at radius 3 is 2.11 bits per heavy atom. The van der Waals surface area contributed by atoms with Crippen LogP contribution in [0.3, 0.4) is 0 Å². The van der Waals surface area contributed by atoms with Gasteiger partial charge in [-0.2, -0.15) is 0 Å². The second-order valence-electron chi connectivity index (χ2n) is 9.36. The van der Waals surface area contributed by atoms with Crippen LogP contribution in [0.1, 0.15) is 48.8 Å². The van der Waals surface area contributed by atoms with Crippen molar-refractivity contribution in [3.8, 4) is 0 Å². The molecule has 3 aromatic rings. The monoisotopic (exact) mass is 488 g/mol. The molecule has 182 valence electrons. The number of nitrogens with zero attached hydrogens (tertiary/aromatic N) is 1. The van der Waals surface area contributed by atoms with Crippen molar-refractivity contribution in [1.82, 2.24) is 10.2 Å². The summed E-state index contributed by atoms with van der Waals surface area (Å²) in [5, 5.41) is 3.88. The number of rotatable bonds is 9. The van der Waals surface area contributed by atoms with Crippen LogP contribution < -0.4 is 5.32 Å². The van der Waals surface area contributed by atoms with Gasteiger partial charge in [-0.3, -0.25) is 9.59 Å². The fraction of sp³-hybridized carbons (Fsp3) is 0.333. The van der Waals surface area contributed by atoms with Crippen LogP contribution >= 0.6 is 11.6 Å². The summed E-state index contributed by atoms with van der Waals surface area (Å²) >= 11 is 6.18. The lowest BCUT2D eigenvalue weighted by Crippen LogP contribution is -2.53. The number of benzene rings is 3. The molecule has 1 atom stereocenters. The Kier molecular flexibility index (Phi) is 8.96. The van der Waals surface area contributed by atoms with E-state index in [9.17, 15) is 9.59 Å². The zero-order chi connectivity index (χ0) is 24.5. The van der Waals surface area contributed by atoms with E-state index in [2.05, 4.69) is 5.32 Å². The lowest BCUT2D eigenvalue weighted by molar-refractivity contribution is -0.141.